The first kappa shape index (κ1) is 16.6. The standard InChI is InChI=1S/C20H25NO3/c1-2-3-5-8-19(22)21-14-20(11-6-4-7-12-20)16-9-10-17-18(13-16)24-15-23-17/h2-3,5,8-10,13H,4,6-7,11-12,14-15H2,1H3,(H,21,22)/b3-2+,8-5+. The fourth-order valence-electron chi connectivity index (χ4n) is 3.59. The lowest BCUT2D eigenvalue weighted by atomic mass is 9.69. The molecule has 1 aliphatic carbocycles. The topological polar surface area (TPSA) is 47.6 Å². The Morgan fingerprint density at radius 2 is 1.96 bits per heavy atom. The number of allylic oxidation sites excluding steroid dienone is 3. The van der Waals surface area contributed by atoms with E-state index in [4.69, 9.17) is 9.47 Å². The van der Waals surface area contributed by atoms with E-state index < -0.39 is 0 Å². The van der Waals surface area contributed by atoms with Crippen LogP contribution in [0, 0.1) is 0 Å². The molecule has 1 N–H and O–H groups in total. The Hall–Kier alpha value is -2.23. The van der Waals surface area contributed by atoms with Gasteiger partial charge in [-0.2, -0.15) is 0 Å². The fraction of sp³-hybridized carbons (Fsp3) is 0.450. The summed E-state index contributed by atoms with van der Waals surface area (Å²) in [5, 5.41) is 3.09. The molecule has 1 heterocycles. The fourth-order valence-corrected chi connectivity index (χ4v) is 3.59. The molecule has 24 heavy (non-hydrogen) atoms. The molecule has 0 spiro atoms. The maximum absolute atomic E-state index is 12.0. The Kier molecular flexibility index (Phi) is 5.24. The van der Waals surface area contributed by atoms with E-state index in [0.29, 0.717) is 6.54 Å². The van der Waals surface area contributed by atoms with Gasteiger partial charge in [0.15, 0.2) is 11.5 Å². The third kappa shape index (κ3) is 3.64. The maximum Gasteiger partial charge on any atom is 0.244 e. The third-order valence-electron chi connectivity index (χ3n) is 4.95. The molecule has 0 unspecified atom stereocenters. The van der Waals surface area contributed by atoms with Crippen molar-refractivity contribution < 1.29 is 14.3 Å². The molecule has 0 bridgehead atoms. The van der Waals surface area contributed by atoms with E-state index in [9.17, 15) is 4.79 Å². The lowest BCUT2D eigenvalue weighted by Gasteiger charge is -2.38. The molecule has 1 aromatic carbocycles. The summed E-state index contributed by atoms with van der Waals surface area (Å²) >= 11 is 0. The summed E-state index contributed by atoms with van der Waals surface area (Å²) in [6.07, 6.45) is 12.9. The summed E-state index contributed by atoms with van der Waals surface area (Å²) in [5.74, 6) is 1.58. The molecule has 128 valence electrons. The smallest absolute Gasteiger partial charge is 0.244 e. The van der Waals surface area contributed by atoms with Gasteiger partial charge in [0.05, 0.1) is 0 Å². The quantitative estimate of drug-likeness (QED) is 0.660. The molecule has 0 atom stereocenters. The number of hydrogen-bond donors (Lipinski definition) is 1. The number of rotatable bonds is 5. The molecule has 3 rings (SSSR count). The lowest BCUT2D eigenvalue weighted by molar-refractivity contribution is -0.116. The monoisotopic (exact) mass is 327 g/mol. The van der Waals surface area contributed by atoms with Crippen molar-refractivity contribution in [3.8, 4) is 11.5 Å². The Labute approximate surface area is 143 Å². The molecule has 1 aliphatic heterocycles. The first-order valence-corrected chi connectivity index (χ1v) is 8.71. The van der Waals surface area contributed by atoms with Crippen molar-refractivity contribution in [1.29, 1.82) is 0 Å². The highest BCUT2D eigenvalue weighted by molar-refractivity contribution is 5.87. The number of benzene rings is 1. The number of nitrogens with one attached hydrogen (secondary N) is 1. The molecule has 2 aliphatic rings. The first-order valence-electron chi connectivity index (χ1n) is 8.71. The lowest BCUT2D eigenvalue weighted by Crippen LogP contribution is -2.41. The van der Waals surface area contributed by atoms with Crippen molar-refractivity contribution >= 4 is 5.91 Å². The minimum atomic E-state index is -0.0428. The van der Waals surface area contributed by atoms with Crippen LogP contribution in [0.15, 0.2) is 42.5 Å². The number of hydrogen-bond acceptors (Lipinski definition) is 3. The van der Waals surface area contributed by atoms with Crippen LogP contribution in [-0.2, 0) is 10.2 Å². The highest BCUT2D eigenvalue weighted by Crippen LogP contribution is 2.43. The van der Waals surface area contributed by atoms with Crippen LogP contribution in [0.2, 0.25) is 0 Å². The van der Waals surface area contributed by atoms with Crippen molar-refractivity contribution in [2.75, 3.05) is 13.3 Å². The van der Waals surface area contributed by atoms with Crippen molar-refractivity contribution in [3.63, 3.8) is 0 Å². The number of amides is 1. The first-order chi connectivity index (χ1) is 11.7. The van der Waals surface area contributed by atoms with Crippen molar-refractivity contribution in [3.05, 3.63) is 48.1 Å². The Bertz CT molecular complexity index is 642. The molecular formula is C20H25NO3. The molecule has 1 amide bonds. The van der Waals surface area contributed by atoms with Crippen LogP contribution in [0.1, 0.15) is 44.6 Å². The third-order valence-corrected chi connectivity index (χ3v) is 4.95. The summed E-state index contributed by atoms with van der Waals surface area (Å²) in [4.78, 5) is 12.0. The predicted molar refractivity (Wildman–Crippen MR) is 94.3 cm³/mol. The Balaban J connectivity index is 1.76. The van der Waals surface area contributed by atoms with E-state index in [2.05, 4.69) is 17.4 Å². The minimum absolute atomic E-state index is 0.0106. The van der Waals surface area contributed by atoms with Gasteiger partial charge < -0.3 is 14.8 Å². The van der Waals surface area contributed by atoms with Gasteiger partial charge in [0, 0.05) is 18.0 Å². The second-order valence-corrected chi connectivity index (χ2v) is 6.51. The van der Waals surface area contributed by atoms with E-state index >= 15 is 0 Å². The van der Waals surface area contributed by atoms with Gasteiger partial charge in [0.1, 0.15) is 0 Å². The van der Waals surface area contributed by atoms with Gasteiger partial charge in [-0.05, 0) is 37.5 Å². The average molecular weight is 327 g/mol. The van der Waals surface area contributed by atoms with E-state index in [1.807, 2.05) is 25.1 Å². The largest absolute Gasteiger partial charge is 0.454 e. The summed E-state index contributed by atoms with van der Waals surface area (Å²) in [7, 11) is 0. The van der Waals surface area contributed by atoms with Crippen LogP contribution < -0.4 is 14.8 Å². The van der Waals surface area contributed by atoms with Gasteiger partial charge in [0.2, 0.25) is 12.7 Å². The predicted octanol–water partition coefficient (Wildman–Crippen LogP) is 3.87. The van der Waals surface area contributed by atoms with Crippen LogP contribution in [0.5, 0.6) is 11.5 Å². The molecule has 4 heteroatoms. The molecule has 4 nitrogen and oxygen atoms in total. The van der Waals surface area contributed by atoms with Gasteiger partial charge in [-0.1, -0.05) is 43.6 Å². The molecule has 1 saturated carbocycles. The molecular weight excluding hydrogens is 302 g/mol. The molecule has 0 aromatic heterocycles. The molecule has 1 fully saturated rings. The summed E-state index contributed by atoms with van der Waals surface area (Å²) in [6.45, 7) is 2.88. The number of ether oxygens (including phenoxy) is 2. The molecule has 1 aromatic rings. The summed E-state index contributed by atoms with van der Waals surface area (Å²) in [5.41, 5.74) is 1.23. The SMILES string of the molecule is C/C=C/C=C/C(=O)NCC1(c2ccc3c(c2)OCO3)CCCCC1. The highest BCUT2D eigenvalue weighted by Gasteiger charge is 2.35. The molecule has 0 radical (unpaired) electrons. The van der Waals surface area contributed by atoms with Crippen molar-refractivity contribution in [1.82, 2.24) is 5.32 Å². The Morgan fingerprint density at radius 1 is 1.17 bits per heavy atom. The van der Waals surface area contributed by atoms with Crippen LogP contribution in [0.25, 0.3) is 0 Å². The average Bonchev–Trinajstić information content (AvgIpc) is 3.09. The van der Waals surface area contributed by atoms with Gasteiger partial charge >= 0.3 is 0 Å². The van der Waals surface area contributed by atoms with Crippen molar-refractivity contribution in [2.24, 2.45) is 0 Å². The summed E-state index contributed by atoms with van der Waals surface area (Å²) < 4.78 is 11.0. The number of carbonyl (C=O) groups is 1. The van der Waals surface area contributed by atoms with Gasteiger partial charge in [-0.25, -0.2) is 0 Å². The van der Waals surface area contributed by atoms with Gasteiger partial charge in [-0.15, -0.1) is 0 Å². The zero-order valence-electron chi connectivity index (χ0n) is 14.2. The summed E-state index contributed by atoms with van der Waals surface area (Å²) in [6, 6.07) is 6.21. The zero-order chi connectivity index (χ0) is 16.8. The van der Waals surface area contributed by atoms with E-state index in [1.165, 1.54) is 24.8 Å². The van der Waals surface area contributed by atoms with Crippen molar-refractivity contribution in [2.45, 2.75) is 44.4 Å². The zero-order valence-corrected chi connectivity index (χ0v) is 14.2. The second-order valence-electron chi connectivity index (χ2n) is 6.51. The van der Waals surface area contributed by atoms with E-state index in [0.717, 1.165) is 24.3 Å². The van der Waals surface area contributed by atoms with Gasteiger partial charge in [0.25, 0.3) is 0 Å². The van der Waals surface area contributed by atoms with Crippen LogP contribution >= 0.6 is 0 Å². The van der Waals surface area contributed by atoms with E-state index in [-0.39, 0.29) is 18.1 Å². The Morgan fingerprint density at radius 3 is 2.75 bits per heavy atom. The van der Waals surface area contributed by atoms with E-state index in [1.54, 1.807) is 12.2 Å². The maximum atomic E-state index is 12.0. The molecule has 0 saturated heterocycles. The van der Waals surface area contributed by atoms with Crippen LogP contribution in [0.4, 0.5) is 0 Å². The number of fused-ring (bicyclic) bond motifs is 1. The second kappa shape index (κ2) is 7.56. The highest BCUT2D eigenvalue weighted by atomic mass is 16.7. The van der Waals surface area contributed by atoms with Gasteiger partial charge in [-0.3, -0.25) is 4.79 Å². The normalized spacial score (nSPS) is 19.0. The number of carbonyl (C=O) groups excluding carboxylic acids is 1. The van der Waals surface area contributed by atoms with Crippen LogP contribution in [0.3, 0.4) is 0 Å². The minimum Gasteiger partial charge on any atom is -0.454 e. The van der Waals surface area contributed by atoms with Crippen LogP contribution in [-0.4, -0.2) is 19.2 Å².